The maximum Gasteiger partial charge on any atom is 0.308 e. The maximum absolute atomic E-state index is 12.1. The number of benzene rings is 2. The summed E-state index contributed by atoms with van der Waals surface area (Å²) in [5.41, 5.74) is 1.01. The number of aromatic nitrogens is 2. The number of rotatable bonds is 6. The Labute approximate surface area is 165 Å². The monoisotopic (exact) mass is 399 g/mol. The molecule has 144 valence electrons. The first-order valence-electron chi connectivity index (χ1n) is 8.65. The Balaban J connectivity index is 1.57. The van der Waals surface area contributed by atoms with E-state index in [1.165, 1.54) is 13.1 Å². The van der Waals surface area contributed by atoms with Crippen LogP contribution < -0.4 is 10.7 Å². The van der Waals surface area contributed by atoms with E-state index < -0.39 is 18.0 Å². The second-order valence-electron chi connectivity index (χ2n) is 6.13. The second-order valence-corrected chi connectivity index (χ2v) is 6.56. The van der Waals surface area contributed by atoms with Gasteiger partial charge in [-0.3, -0.25) is 19.1 Å². The summed E-state index contributed by atoms with van der Waals surface area (Å²) in [6.45, 7) is 1.72. The van der Waals surface area contributed by atoms with Crippen molar-refractivity contribution < 1.29 is 14.3 Å². The summed E-state index contributed by atoms with van der Waals surface area (Å²) in [6, 6.07) is 13.6. The molecule has 0 aliphatic heterocycles. The van der Waals surface area contributed by atoms with Crippen molar-refractivity contribution in [1.29, 1.82) is 0 Å². The zero-order valence-corrected chi connectivity index (χ0v) is 15.8. The number of para-hydroxylation sites is 1. The SMILES string of the molecule is CC(OC(=O)CCn1ncc(=O)c2ccccc21)C(=O)Nc1ccc(Cl)cc1. The fourth-order valence-corrected chi connectivity index (χ4v) is 2.75. The number of carbonyl (C=O) groups excluding carboxylic acids is 2. The van der Waals surface area contributed by atoms with E-state index in [0.29, 0.717) is 21.6 Å². The van der Waals surface area contributed by atoms with Crippen molar-refractivity contribution in [3.05, 3.63) is 70.0 Å². The van der Waals surface area contributed by atoms with Crippen molar-refractivity contribution in [3.8, 4) is 0 Å². The van der Waals surface area contributed by atoms with Crippen LogP contribution in [-0.4, -0.2) is 27.8 Å². The lowest BCUT2D eigenvalue weighted by atomic mass is 10.2. The van der Waals surface area contributed by atoms with Crippen LogP contribution in [0.4, 0.5) is 5.69 Å². The minimum absolute atomic E-state index is 0.0123. The van der Waals surface area contributed by atoms with Gasteiger partial charge >= 0.3 is 5.97 Å². The van der Waals surface area contributed by atoms with Crippen molar-refractivity contribution in [1.82, 2.24) is 9.78 Å². The van der Waals surface area contributed by atoms with Crippen molar-refractivity contribution in [2.45, 2.75) is 26.0 Å². The fourth-order valence-electron chi connectivity index (χ4n) is 2.62. The number of nitrogens with zero attached hydrogens (tertiary/aromatic N) is 2. The van der Waals surface area contributed by atoms with E-state index in [1.807, 2.05) is 0 Å². The highest BCUT2D eigenvalue weighted by atomic mass is 35.5. The quantitative estimate of drug-likeness (QED) is 0.643. The Morgan fingerprint density at radius 1 is 1.18 bits per heavy atom. The van der Waals surface area contributed by atoms with E-state index in [2.05, 4.69) is 10.4 Å². The van der Waals surface area contributed by atoms with Crippen LogP contribution >= 0.6 is 11.6 Å². The number of esters is 1. The molecule has 0 fully saturated rings. The highest BCUT2D eigenvalue weighted by Gasteiger charge is 2.18. The summed E-state index contributed by atoms with van der Waals surface area (Å²) in [7, 11) is 0. The van der Waals surface area contributed by atoms with Crippen molar-refractivity contribution >= 4 is 40.1 Å². The van der Waals surface area contributed by atoms with E-state index in [1.54, 1.807) is 53.2 Å². The van der Waals surface area contributed by atoms with Crippen LogP contribution in [0.15, 0.2) is 59.5 Å². The Kier molecular flexibility index (Phi) is 6.06. The van der Waals surface area contributed by atoms with Gasteiger partial charge in [-0.05, 0) is 43.3 Å². The number of aryl methyl sites for hydroxylation is 1. The molecular formula is C20H18ClN3O4. The molecule has 0 bridgehead atoms. The molecule has 1 aromatic heterocycles. The van der Waals surface area contributed by atoms with Gasteiger partial charge in [-0.25, -0.2) is 0 Å². The van der Waals surface area contributed by atoms with Gasteiger partial charge < -0.3 is 10.1 Å². The van der Waals surface area contributed by atoms with Crippen molar-refractivity contribution in [3.63, 3.8) is 0 Å². The van der Waals surface area contributed by atoms with E-state index in [-0.39, 0.29) is 18.4 Å². The zero-order chi connectivity index (χ0) is 20.1. The number of ether oxygens (including phenoxy) is 1. The first-order chi connectivity index (χ1) is 13.4. The number of amides is 1. The lowest BCUT2D eigenvalue weighted by Crippen LogP contribution is -2.30. The van der Waals surface area contributed by atoms with Gasteiger partial charge in [-0.1, -0.05) is 23.7 Å². The third kappa shape index (κ3) is 4.75. The topological polar surface area (TPSA) is 90.3 Å². The average Bonchev–Trinajstić information content (AvgIpc) is 2.69. The molecule has 1 unspecified atom stereocenters. The van der Waals surface area contributed by atoms with Crippen LogP contribution in [0, 0.1) is 0 Å². The van der Waals surface area contributed by atoms with Gasteiger partial charge in [-0.2, -0.15) is 5.10 Å². The summed E-state index contributed by atoms with van der Waals surface area (Å²) in [5.74, 6) is -0.981. The molecular weight excluding hydrogens is 382 g/mol. The minimum atomic E-state index is -0.957. The molecule has 0 aliphatic carbocycles. The third-order valence-corrected chi connectivity index (χ3v) is 4.33. The normalized spacial score (nSPS) is 11.8. The molecule has 7 nitrogen and oxygen atoms in total. The number of carbonyl (C=O) groups is 2. The van der Waals surface area contributed by atoms with Gasteiger partial charge in [0.25, 0.3) is 5.91 Å². The predicted octanol–water partition coefficient (Wildman–Crippen LogP) is 3.01. The standard InChI is InChI=1S/C20H18ClN3O4/c1-13(20(27)23-15-8-6-14(21)7-9-15)28-19(26)10-11-24-17-5-3-2-4-16(17)18(25)12-22-24/h2-9,12-13H,10-11H2,1H3,(H,23,27). The minimum Gasteiger partial charge on any atom is -0.452 e. The Hall–Kier alpha value is -3.19. The van der Waals surface area contributed by atoms with E-state index in [9.17, 15) is 14.4 Å². The molecule has 1 amide bonds. The average molecular weight is 400 g/mol. The van der Waals surface area contributed by atoms with Crippen LogP contribution in [0.3, 0.4) is 0 Å². The number of hydrogen-bond acceptors (Lipinski definition) is 5. The molecule has 0 aliphatic rings. The first kappa shape index (κ1) is 19.6. The smallest absolute Gasteiger partial charge is 0.308 e. The number of hydrogen-bond donors (Lipinski definition) is 1. The van der Waals surface area contributed by atoms with Gasteiger partial charge in [0.2, 0.25) is 5.43 Å². The molecule has 28 heavy (non-hydrogen) atoms. The van der Waals surface area contributed by atoms with Crippen LogP contribution in [-0.2, 0) is 20.9 Å². The summed E-state index contributed by atoms with van der Waals surface area (Å²) >= 11 is 5.80. The molecule has 3 rings (SSSR count). The van der Waals surface area contributed by atoms with Crippen LogP contribution in [0.5, 0.6) is 0 Å². The molecule has 1 N–H and O–H groups in total. The number of halogens is 1. The van der Waals surface area contributed by atoms with Gasteiger partial charge in [-0.15, -0.1) is 0 Å². The molecule has 0 spiro atoms. The van der Waals surface area contributed by atoms with Crippen LogP contribution in [0.1, 0.15) is 13.3 Å². The second kappa shape index (κ2) is 8.67. The maximum atomic E-state index is 12.1. The number of anilines is 1. The molecule has 8 heteroatoms. The Morgan fingerprint density at radius 3 is 2.64 bits per heavy atom. The zero-order valence-electron chi connectivity index (χ0n) is 15.1. The lowest BCUT2D eigenvalue weighted by molar-refractivity contribution is -0.153. The highest BCUT2D eigenvalue weighted by Crippen LogP contribution is 2.14. The van der Waals surface area contributed by atoms with Crippen molar-refractivity contribution in [2.24, 2.45) is 0 Å². The summed E-state index contributed by atoms with van der Waals surface area (Å²) in [6.07, 6.45) is 0.274. The molecule has 1 heterocycles. The summed E-state index contributed by atoms with van der Waals surface area (Å²) in [4.78, 5) is 36.1. The summed E-state index contributed by atoms with van der Waals surface area (Å²) in [5, 5.41) is 7.80. The van der Waals surface area contributed by atoms with Gasteiger partial charge in [0.05, 0.1) is 24.7 Å². The molecule has 1 atom stereocenters. The van der Waals surface area contributed by atoms with E-state index in [4.69, 9.17) is 16.3 Å². The largest absolute Gasteiger partial charge is 0.452 e. The molecule has 0 saturated carbocycles. The number of fused-ring (bicyclic) bond motifs is 1. The fraction of sp³-hybridized carbons (Fsp3) is 0.200. The van der Waals surface area contributed by atoms with Crippen LogP contribution in [0.25, 0.3) is 10.9 Å². The van der Waals surface area contributed by atoms with Crippen LogP contribution in [0.2, 0.25) is 5.02 Å². The molecule has 2 aromatic carbocycles. The van der Waals surface area contributed by atoms with Gasteiger partial charge in [0, 0.05) is 16.1 Å². The van der Waals surface area contributed by atoms with Gasteiger partial charge in [0.15, 0.2) is 6.10 Å². The Morgan fingerprint density at radius 2 is 1.89 bits per heavy atom. The lowest BCUT2D eigenvalue weighted by Gasteiger charge is -2.14. The first-order valence-corrected chi connectivity index (χ1v) is 9.02. The summed E-state index contributed by atoms with van der Waals surface area (Å²) < 4.78 is 6.75. The molecule has 3 aromatic rings. The van der Waals surface area contributed by atoms with Crippen molar-refractivity contribution in [2.75, 3.05) is 5.32 Å². The predicted molar refractivity (Wildman–Crippen MR) is 106 cm³/mol. The Bertz CT molecular complexity index is 1060. The third-order valence-electron chi connectivity index (χ3n) is 4.08. The van der Waals surface area contributed by atoms with Gasteiger partial charge in [0.1, 0.15) is 0 Å². The number of nitrogens with one attached hydrogen (secondary N) is 1. The highest BCUT2D eigenvalue weighted by molar-refractivity contribution is 6.30. The molecule has 0 saturated heterocycles. The molecule has 0 radical (unpaired) electrons. The van der Waals surface area contributed by atoms with E-state index >= 15 is 0 Å². The van der Waals surface area contributed by atoms with E-state index in [0.717, 1.165) is 0 Å².